The fraction of sp³-hybridized carbons (Fsp3) is 0.375. The van der Waals surface area contributed by atoms with Crippen LogP contribution in [0.4, 0.5) is 5.00 Å². The number of nitrogens with one attached hydrogen (secondary N) is 1. The molecule has 0 spiro atoms. The summed E-state index contributed by atoms with van der Waals surface area (Å²) in [5.41, 5.74) is 1.84. The molecule has 1 aromatic heterocycles. The lowest BCUT2D eigenvalue weighted by atomic mass is 9.62. The molecule has 2 N–H and O–H groups in total. The second-order valence-electron chi connectivity index (χ2n) is 8.34. The predicted octanol–water partition coefficient (Wildman–Crippen LogP) is 4.83. The van der Waals surface area contributed by atoms with Gasteiger partial charge in [0, 0.05) is 10.9 Å². The maximum absolute atomic E-state index is 13.3. The van der Waals surface area contributed by atoms with Crippen LogP contribution in [0.1, 0.15) is 37.0 Å². The summed E-state index contributed by atoms with van der Waals surface area (Å²) in [6.45, 7) is 3.54. The van der Waals surface area contributed by atoms with Crippen LogP contribution in [-0.4, -0.2) is 29.1 Å². The molecule has 3 aliphatic rings. The summed E-state index contributed by atoms with van der Waals surface area (Å²) >= 11 is 1.25. The predicted molar refractivity (Wildman–Crippen MR) is 119 cm³/mol. The van der Waals surface area contributed by atoms with Gasteiger partial charge in [-0.2, -0.15) is 0 Å². The van der Waals surface area contributed by atoms with Crippen LogP contribution in [0.3, 0.4) is 0 Å². The average Bonchev–Trinajstić information content (AvgIpc) is 3.17. The number of carbonyl (C=O) groups excluding carboxylic acids is 2. The van der Waals surface area contributed by atoms with Crippen molar-refractivity contribution in [2.24, 2.45) is 23.7 Å². The standard InChI is InChI=1S/C24H25NO5S/c1-13(2)30-24(29)20-17(14-6-4-3-5-7-14)12-31-22(20)25-21(26)18-15-8-10-16(11-9-15)19(18)23(27)28/h3-8,10,12-13,15-16,18-19H,9,11H2,1-2H3,(H,25,26)(H,27,28)/t15-,16-,18-,19-/m0/s1. The quantitative estimate of drug-likeness (QED) is 0.497. The average molecular weight is 440 g/mol. The smallest absolute Gasteiger partial charge is 0.342 e. The first kappa shape index (κ1) is 21.3. The van der Waals surface area contributed by atoms with Crippen LogP contribution in [0.5, 0.6) is 0 Å². The van der Waals surface area contributed by atoms with E-state index in [2.05, 4.69) is 5.32 Å². The molecular weight excluding hydrogens is 414 g/mol. The summed E-state index contributed by atoms with van der Waals surface area (Å²) < 4.78 is 5.44. The van der Waals surface area contributed by atoms with Crippen LogP contribution >= 0.6 is 11.3 Å². The van der Waals surface area contributed by atoms with Gasteiger partial charge >= 0.3 is 11.9 Å². The zero-order valence-electron chi connectivity index (χ0n) is 17.4. The molecular formula is C24H25NO5S. The normalized spacial score (nSPS) is 24.2. The molecule has 6 nitrogen and oxygen atoms in total. The molecule has 4 atom stereocenters. The molecule has 0 saturated heterocycles. The number of carbonyl (C=O) groups is 3. The fourth-order valence-corrected chi connectivity index (χ4v) is 5.60. The van der Waals surface area contributed by atoms with Gasteiger partial charge in [0.05, 0.1) is 17.9 Å². The number of amides is 1. The van der Waals surface area contributed by atoms with Gasteiger partial charge in [-0.25, -0.2) is 4.79 Å². The maximum atomic E-state index is 13.3. The van der Waals surface area contributed by atoms with Crippen LogP contribution in [0.25, 0.3) is 11.1 Å². The second kappa shape index (κ2) is 8.67. The van der Waals surface area contributed by atoms with Crippen molar-refractivity contribution in [3.63, 3.8) is 0 Å². The molecule has 0 unspecified atom stereocenters. The van der Waals surface area contributed by atoms with Gasteiger partial charge in [-0.05, 0) is 44.1 Å². The van der Waals surface area contributed by atoms with Gasteiger partial charge in [0.15, 0.2) is 0 Å². The molecule has 2 aromatic rings. The molecule has 1 saturated carbocycles. The number of thiophene rings is 1. The Morgan fingerprint density at radius 2 is 1.71 bits per heavy atom. The minimum atomic E-state index is -0.949. The third-order valence-corrected chi connectivity index (χ3v) is 6.89. The molecule has 5 rings (SSSR count). The molecule has 162 valence electrons. The van der Waals surface area contributed by atoms with Gasteiger partial charge in [-0.15, -0.1) is 11.3 Å². The van der Waals surface area contributed by atoms with Crippen LogP contribution < -0.4 is 5.32 Å². The molecule has 1 amide bonds. The topological polar surface area (TPSA) is 92.7 Å². The Morgan fingerprint density at radius 1 is 1.06 bits per heavy atom. The van der Waals surface area contributed by atoms with E-state index < -0.39 is 23.8 Å². The number of carboxylic acids is 1. The highest BCUT2D eigenvalue weighted by atomic mass is 32.1. The third kappa shape index (κ3) is 4.14. The van der Waals surface area contributed by atoms with Crippen molar-refractivity contribution in [3.8, 4) is 11.1 Å². The van der Waals surface area contributed by atoms with Crippen molar-refractivity contribution in [3.05, 3.63) is 53.4 Å². The number of allylic oxidation sites excluding steroid dienone is 2. The van der Waals surface area contributed by atoms with E-state index in [9.17, 15) is 19.5 Å². The molecule has 3 aliphatic carbocycles. The fourth-order valence-electron chi connectivity index (χ4n) is 4.64. The highest BCUT2D eigenvalue weighted by molar-refractivity contribution is 7.15. The number of aliphatic carboxylic acids is 1. The first-order chi connectivity index (χ1) is 14.9. The Labute approximate surface area is 184 Å². The highest BCUT2D eigenvalue weighted by Gasteiger charge is 2.48. The van der Waals surface area contributed by atoms with Gasteiger partial charge in [0.1, 0.15) is 10.6 Å². The van der Waals surface area contributed by atoms with Gasteiger partial charge in [0.2, 0.25) is 5.91 Å². The third-order valence-electron chi connectivity index (χ3n) is 6.00. The number of fused-ring (bicyclic) bond motifs is 2. The number of hydrogen-bond acceptors (Lipinski definition) is 5. The molecule has 0 aliphatic heterocycles. The van der Waals surface area contributed by atoms with Crippen molar-refractivity contribution in [2.45, 2.75) is 32.8 Å². The van der Waals surface area contributed by atoms with Crippen molar-refractivity contribution in [1.29, 1.82) is 0 Å². The second-order valence-corrected chi connectivity index (χ2v) is 9.22. The van der Waals surface area contributed by atoms with E-state index in [-0.39, 0.29) is 23.8 Å². The summed E-state index contributed by atoms with van der Waals surface area (Å²) in [7, 11) is 0. The number of carboxylic acid groups (broad SMARTS) is 1. The van der Waals surface area contributed by atoms with E-state index in [4.69, 9.17) is 4.74 Å². The molecule has 0 radical (unpaired) electrons. The molecule has 1 heterocycles. The van der Waals surface area contributed by atoms with E-state index in [1.807, 2.05) is 47.9 Å². The number of benzene rings is 1. The first-order valence-corrected chi connectivity index (χ1v) is 11.3. The Morgan fingerprint density at radius 3 is 2.29 bits per heavy atom. The lowest BCUT2D eigenvalue weighted by Gasteiger charge is -2.41. The van der Waals surface area contributed by atoms with Crippen molar-refractivity contribution < 1.29 is 24.2 Å². The van der Waals surface area contributed by atoms with Crippen molar-refractivity contribution in [1.82, 2.24) is 0 Å². The van der Waals surface area contributed by atoms with E-state index in [1.165, 1.54) is 11.3 Å². The SMILES string of the molecule is CC(C)OC(=O)c1c(-c2ccccc2)csc1NC(=O)[C@@H]1[C@@H](C(=O)O)[C@H]2C=C[C@H]1CC2. The first-order valence-electron chi connectivity index (χ1n) is 10.5. The molecule has 1 fully saturated rings. The van der Waals surface area contributed by atoms with Crippen LogP contribution in [0.2, 0.25) is 0 Å². The Hall–Kier alpha value is -2.93. The van der Waals surface area contributed by atoms with Crippen LogP contribution in [-0.2, 0) is 14.3 Å². The highest BCUT2D eigenvalue weighted by Crippen LogP contribution is 2.46. The van der Waals surface area contributed by atoms with E-state index in [0.717, 1.165) is 18.4 Å². The molecule has 7 heteroatoms. The van der Waals surface area contributed by atoms with Gasteiger partial charge in [-0.3, -0.25) is 9.59 Å². The van der Waals surface area contributed by atoms with Crippen LogP contribution in [0, 0.1) is 23.7 Å². The largest absolute Gasteiger partial charge is 0.481 e. The molecule has 31 heavy (non-hydrogen) atoms. The Kier molecular flexibility index (Phi) is 5.96. The summed E-state index contributed by atoms with van der Waals surface area (Å²) in [6.07, 6.45) is 5.17. The van der Waals surface area contributed by atoms with Gasteiger partial charge in [0.25, 0.3) is 0 Å². The summed E-state index contributed by atoms with van der Waals surface area (Å²) in [4.78, 5) is 38.1. The van der Waals surface area contributed by atoms with Gasteiger partial charge < -0.3 is 15.2 Å². The van der Waals surface area contributed by atoms with E-state index >= 15 is 0 Å². The van der Waals surface area contributed by atoms with Crippen molar-refractivity contribution >= 4 is 34.2 Å². The molecule has 1 aromatic carbocycles. The number of ether oxygens (including phenoxy) is 1. The number of anilines is 1. The minimum absolute atomic E-state index is 0.106. The monoisotopic (exact) mass is 439 g/mol. The zero-order chi connectivity index (χ0) is 22.1. The summed E-state index contributed by atoms with van der Waals surface area (Å²) in [5, 5.41) is 14.8. The maximum Gasteiger partial charge on any atom is 0.342 e. The van der Waals surface area contributed by atoms with E-state index in [1.54, 1.807) is 13.8 Å². The lowest BCUT2D eigenvalue weighted by molar-refractivity contribution is -0.151. The summed E-state index contributed by atoms with van der Waals surface area (Å²) in [6, 6.07) is 9.44. The number of rotatable bonds is 6. The molecule has 2 bridgehead atoms. The summed E-state index contributed by atoms with van der Waals surface area (Å²) in [5.74, 6) is -3.45. The Bertz CT molecular complexity index is 1030. The van der Waals surface area contributed by atoms with Crippen molar-refractivity contribution in [2.75, 3.05) is 5.32 Å². The number of esters is 1. The minimum Gasteiger partial charge on any atom is -0.481 e. The van der Waals surface area contributed by atoms with E-state index in [0.29, 0.717) is 16.1 Å². The lowest BCUT2D eigenvalue weighted by Crippen LogP contribution is -2.47. The Balaban J connectivity index is 1.67. The zero-order valence-corrected chi connectivity index (χ0v) is 18.2. The van der Waals surface area contributed by atoms with Gasteiger partial charge in [-0.1, -0.05) is 42.5 Å². The number of hydrogen-bond donors (Lipinski definition) is 2. The van der Waals surface area contributed by atoms with Crippen LogP contribution in [0.15, 0.2) is 47.9 Å².